The molecule has 0 unspecified atom stereocenters. The second kappa shape index (κ2) is 6.89. The van der Waals surface area contributed by atoms with Crippen LogP contribution in [0.15, 0.2) is 40.6 Å². The first-order chi connectivity index (χ1) is 9.93. The molecule has 0 spiro atoms. The van der Waals surface area contributed by atoms with Crippen molar-refractivity contribution in [1.82, 2.24) is 9.62 Å². The molecule has 1 N–H and O–H groups in total. The average Bonchev–Trinajstić information content (AvgIpc) is 2.91. The maximum atomic E-state index is 12.5. The van der Waals surface area contributed by atoms with Gasteiger partial charge in [-0.3, -0.25) is 0 Å². The lowest BCUT2D eigenvalue weighted by Crippen LogP contribution is -2.26. The Labute approximate surface area is 134 Å². The van der Waals surface area contributed by atoms with Crippen LogP contribution in [0.1, 0.15) is 10.4 Å². The van der Waals surface area contributed by atoms with Gasteiger partial charge in [0.15, 0.2) is 0 Å². The van der Waals surface area contributed by atoms with E-state index in [9.17, 15) is 8.42 Å². The molecule has 0 aliphatic heterocycles. The van der Waals surface area contributed by atoms with Gasteiger partial charge in [0, 0.05) is 35.4 Å². The van der Waals surface area contributed by atoms with Gasteiger partial charge in [0.25, 0.3) is 0 Å². The minimum atomic E-state index is -3.46. The SMILES string of the molecule is CNCc1cc(S(=O)(=O)N(C)Cc2ccc(Cl)cc2)cs1. The number of hydrogen-bond donors (Lipinski definition) is 1. The zero-order valence-corrected chi connectivity index (χ0v) is 14.2. The van der Waals surface area contributed by atoms with Gasteiger partial charge in [-0.15, -0.1) is 11.3 Å². The minimum absolute atomic E-state index is 0.316. The highest BCUT2D eigenvalue weighted by Crippen LogP contribution is 2.23. The number of hydrogen-bond acceptors (Lipinski definition) is 4. The third-order valence-corrected chi connectivity index (χ3v) is 6.13. The van der Waals surface area contributed by atoms with E-state index < -0.39 is 10.0 Å². The van der Waals surface area contributed by atoms with Gasteiger partial charge in [0.05, 0.1) is 4.90 Å². The summed E-state index contributed by atoms with van der Waals surface area (Å²) in [6, 6.07) is 8.89. The number of rotatable bonds is 6. The van der Waals surface area contributed by atoms with E-state index in [1.54, 1.807) is 30.6 Å². The molecule has 21 heavy (non-hydrogen) atoms. The van der Waals surface area contributed by atoms with E-state index in [1.165, 1.54) is 15.6 Å². The lowest BCUT2D eigenvalue weighted by molar-refractivity contribution is 0.467. The number of thiophene rings is 1. The zero-order chi connectivity index (χ0) is 15.5. The number of nitrogens with zero attached hydrogens (tertiary/aromatic N) is 1. The molecule has 0 saturated heterocycles. The van der Waals surface area contributed by atoms with Crippen LogP contribution in [0.3, 0.4) is 0 Å². The Bertz CT molecular complexity index is 696. The Morgan fingerprint density at radius 1 is 1.29 bits per heavy atom. The summed E-state index contributed by atoms with van der Waals surface area (Å²) in [6.07, 6.45) is 0. The second-order valence-electron chi connectivity index (χ2n) is 4.67. The van der Waals surface area contributed by atoms with E-state index in [0.717, 1.165) is 10.4 Å². The fraction of sp³-hybridized carbons (Fsp3) is 0.286. The highest BCUT2D eigenvalue weighted by Gasteiger charge is 2.22. The molecule has 0 bridgehead atoms. The Kier molecular flexibility index (Phi) is 5.40. The van der Waals surface area contributed by atoms with Gasteiger partial charge in [0.1, 0.15) is 0 Å². The molecular weight excluding hydrogens is 328 g/mol. The Morgan fingerprint density at radius 3 is 2.57 bits per heavy atom. The summed E-state index contributed by atoms with van der Waals surface area (Å²) in [5.74, 6) is 0. The van der Waals surface area contributed by atoms with Crippen LogP contribution in [0.4, 0.5) is 0 Å². The summed E-state index contributed by atoms with van der Waals surface area (Å²) in [4.78, 5) is 1.34. The molecule has 0 saturated carbocycles. The van der Waals surface area contributed by atoms with E-state index in [2.05, 4.69) is 5.32 Å². The van der Waals surface area contributed by atoms with Gasteiger partial charge in [-0.2, -0.15) is 4.31 Å². The topological polar surface area (TPSA) is 49.4 Å². The van der Waals surface area contributed by atoms with E-state index in [4.69, 9.17) is 11.6 Å². The minimum Gasteiger partial charge on any atom is -0.315 e. The summed E-state index contributed by atoms with van der Waals surface area (Å²) in [5, 5.41) is 5.33. The van der Waals surface area contributed by atoms with Gasteiger partial charge < -0.3 is 5.32 Å². The van der Waals surface area contributed by atoms with Crippen molar-refractivity contribution in [3.63, 3.8) is 0 Å². The van der Waals surface area contributed by atoms with Crippen LogP contribution < -0.4 is 5.32 Å². The van der Waals surface area contributed by atoms with Crippen molar-refractivity contribution in [2.45, 2.75) is 18.0 Å². The van der Waals surface area contributed by atoms with Crippen LogP contribution in [0.25, 0.3) is 0 Å². The average molecular weight is 345 g/mol. The fourth-order valence-corrected chi connectivity index (χ4v) is 4.43. The monoisotopic (exact) mass is 344 g/mol. The predicted octanol–water partition coefficient (Wildman–Crippen LogP) is 2.94. The largest absolute Gasteiger partial charge is 0.315 e. The highest BCUT2D eigenvalue weighted by atomic mass is 35.5. The maximum absolute atomic E-state index is 12.5. The number of sulfonamides is 1. The molecule has 1 heterocycles. The molecule has 2 rings (SSSR count). The van der Waals surface area contributed by atoms with E-state index in [-0.39, 0.29) is 0 Å². The lowest BCUT2D eigenvalue weighted by atomic mass is 10.2. The molecule has 4 nitrogen and oxygen atoms in total. The van der Waals surface area contributed by atoms with Crippen LogP contribution in [-0.2, 0) is 23.1 Å². The Morgan fingerprint density at radius 2 is 1.95 bits per heavy atom. The van der Waals surface area contributed by atoms with Gasteiger partial charge in [-0.25, -0.2) is 8.42 Å². The lowest BCUT2D eigenvalue weighted by Gasteiger charge is -2.16. The first kappa shape index (κ1) is 16.5. The van der Waals surface area contributed by atoms with Gasteiger partial charge in [-0.1, -0.05) is 23.7 Å². The van der Waals surface area contributed by atoms with Crippen LogP contribution in [0.5, 0.6) is 0 Å². The van der Waals surface area contributed by atoms with Crippen molar-refractivity contribution < 1.29 is 8.42 Å². The molecule has 114 valence electrons. The fourth-order valence-electron chi connectivity index (χ4n) is 1.87. The van der Waals surface area contributed by atoms with Gasteiger partial charge in [-0.05, 0) is 30.8 Å². The molecule has 0 amide bonds. The molecule has 7 heteroatoms. The van der Waals surface area contributed by atoms with Gasteiger partial charge >= 0.3 is 0 Å². The maximum Gasteiger partial charge on any atom is 0.243 e. The predicted molar refractivity (Wildman–Crippen MR) is 87.2 cm³/mol. The molecule has 0 fully saturated rings. The standard InChI is InChI=1S/C14H17ClN2O2S2/c1-16-8-13-7-14(10-20-13)21(18,19)17(2)9-11-3-5-12(15)6-4-11/h3-7,10,16H,8-9H2,1-2H3. The van der Waals surface area contributed by atoms with Crippen molar-refractivity contribution in [2.75, 3.05) is 14.1 Å². The summed E-state index contributed by atoms with van der Waals surface area (Å²) in [5.41, 5.74) is 0.899. The van der Waals surface area contributed by atoms with Crippen molar-refractivity contribution in [3.8, 4) is 0 Å². The summed E-state index contributed by atoms with van der Waals surface area (Å²) in [7, 11) is -0.0452. The third kappa shape index (κ3) is 4.05. The third-order valence-electron chi connectivity index (χ3n) is 3.01. The zero-order valence-electron chi connectivity index (χ0n) is 11.8. The summed E-state index contributed by atoms with van der Waals surface area (Å²) in [6.45, 7) is 0.984. The van der Waals surface area contributed by atoms with Crippen LogP contribution >= 0.6 is 22.9 Å². The van der Waals surface area contributed by atoms with Crippen molar-refractivity contribution in [2.24, 2.45) is 0 Å². The first-order valence-corrected chi connectivity index (χ1v) is 9.06. The van der Waals surface area contributed by atoms with Crippen LogP contribution in [0.2, 0.25) is 5.02 Å². The van der Waals surface area contributed by atoms with Gasteiger partial charge in [0.2, 0.25) is 10.0 Å². The van der Waals surface area contributed by atoms with Crippen LogP contribution in [-0.4, -0.2) is 26.8 Å². The van der Waals surface area contributed by atoms with Crippen molar-refractivity contribution >= 4 is 33.0 Å². The quantitative estimate of drug-likeness (QED) is 0.876. The molecule has 0 aliphatic carbocycles. The summed E-state index contributed by atoms with van der Waals surface area (Å²) >= 11 is 7.27. The summed E-state index contributed by atoms with van der Waals surface area (Å²) < 4.78 is 26.4. The molecule has 0 radical (unpaired) electrons. The molecular formula is C14H17ClN2O2S2. The van der Waals surface area contributed by atoms with E-state index in [0.29, 0.717) is 23.0 Å². The molecule has 0 aliphatic rings. The van der Waals surface area contributed by atoms with Crippen LogP contribution in [0, 0.1) is 0 Å². The van der Waals surface area contributed by atoms with E-state index in [1.807, 2.05) is 19.2 Å². The highest BCUT2D eigenvalue weighted by molar-refractivity contribution is 7.89. The molecule has 2 aromatic rings. The molecule has 1 aromatic carbocycles. The molecule has 1 aromatic heterocycles. The second-order valence-corrected chi connectivity index (χ2v) is 8.14. The molecule has 0 atom stereocenters. The number of benzene rings is 1. The number of halogens is 1. The Hall–Kier alpha value is -0.920. The first-order valence-electron chi connectivity index (χ1n) is 6.36. The smallest absolute Gasteiger partial charge is 0.243 e. The van der Waals surface area contributed by atoms with E-state index >= 15 is 0 Å². The normalized spacial score (nSPS) is 12.0. The van der Waals surface area contributed by atoms with Crippen molar-refractivity contribution in [3.05, 3.63) is 51.2 Å². The number of nitrogens with one attached hydrogen (secondary N) is 1. The van der Waals surface area contributed by atoms with Crippen molar-refractivity contribution in [1.29, 1.82) is 0 Å². The Balaban J connectivity index is 2.15.